The molecule has 0 spiro atoms. The predicted molar refractivity (Wildman–Crippen MR) is 56.0 cm³/mol. The molecule has 0 bridgehead atoms. The number of anilines is 1. The fourth-order valence-electron chi connectivity index (χ4n) is 0.815. The summed E-state index contributed by atoms with van der Waals surface area (Å²) in [6.07, 6.45) is 1.50. The van der Waals surface area contributed by atoms with Crippen LogP contribution in [-0.2, 0) is 4.79 Å². The van der Waals surface area contributed by atoms with E-state index in [1.54, 1.807) is 0 Å². The third-order valence-corrected chi connectivity index (χ3v) is 2.40. The third kappa shape index (κ3) is 2.74. The van der Waals surface area contributed by atoms with E-state index in [1.165, 1.54) is 6.20 Å². The maximum atomic E-state index is 11.6. The molecule has 0 saturated carbocycles. The highest BCUT2D eigenvalue weighted by Crippen LogP contribution is 2.19. The first kappa shape index (κ1) is 11.1. The zero-order valence-corrected chi connectivity index (χ0v) is 9.26. The first-order chi connectivity index (χ1) is 6.41. The van der Waals surface area contributed by atoms with Crippen molar-refractivity contribution in [1.82, 2.24) is 9.59 Å². The molecule has 1 aromatic heterocycles. The van der Waals surface area contributed by atoms with Gasteiger partial charge in [-0.2, -0.15) is 0 Å². The molecule has 1 heterocycles. The molecule has 14 heavy (non-hydrogen) atoms. The van der Waals surface area contributed by atoms with E-state index in [9.17, 15) is 4.79 Å². The molecule has 0 aliphatic heterocycles. The van der Waals surface area contributed by atoms with Crippen LogP contribution < -0.4 is 11.1 Å². The van der Waals surface area contributed by atoms with Crippen molar-refractivity contribution in [2.24, 2.45) is 11.1 Å². The van der Waals surface area contributed by atoms with Gasteiger partial charge >= 0.3 is 0 Å². The molecule has 1 amide bonds. The lowest BCUT2D eigenvalue weighted by Crippen LogP contribution is -2.45. The number of amides is 1. The molecule has 0 radical (unpaired) electrons. The maximum Gasteiger partial charge on any atom is 0.242 e. The first-order valence-electron chi connectivity index (χ1n) is 4.25. The lowest BCUT2D eigenvalue weighted by Gasteiger charge is -2.25. The first-order valence-corrected chi connectivity index (χ1v) is 5.02. The van der Waals surface area contributed by atoms with Crippen LogP contribution in [0.5, 0.6) is 0 Å². The lowest BCUT2D eigenvalue weighted by atomic mass is 9.87. The van der Waals surface area contributed by atoms with Gasteiger partial charge in [0.15, 0.2) is 0 Å². The van der Waals surface area contributed by atoms with E-state index in [2.05, 4.69) is 14.9 Å². The maximum absolute atomic E-state index is 11.6. The molecule has 1 aromatic rings. The van der Waals surface area contributed by atoms with Gasteiger partial charge in [-0.15, -0.1) is 5.10 Å². The van der Waals surface area contributed by atoms with Gasteiger partial charge in [0.2, 0.25) is 5.91 Å². The minimum absolute atomic E-state index is 0.205. The molecule has 0 aliphatic carbocycles. The number of rotatable bonds is 2. The smallest absolute Gasteiger partial charge is 0.242 e. The van der Waals surface area contributed by atoms with Crippen molar-refractivity contribution >= 4 is 22.4 Å². The summed E-state index contributed by atoms with van der Waals surface area (Å²) in [5.41, 5.74) is 5.51. The molecular formula is C8H14N4OS. The number of carbonyl (C=O) groups is 1. The molecule has 0 fully saturated rings. The fourth-order valence-corrected chi connectivity index (χ4v) is 1.24. The van der Waals surface area contributed by atoms with Crippen LogP contribution in [0.25, 0.3) is 0 Å². The zero-order valence-electron chi connectivity index (χ0n) is 8.44. The summed E-state index contributed by atoms with van der Waals surface area (Å²) in [5, 5.41) is 6.89. The highest BCUT2D eigenvalue weighted by Gasteiger charge is 2.27. The monoisotopic (exact) mass is 214 g/mol. The summed E-state index contributed by atoms with van der Waals surface area (Å²) < 4.78 is 3.63. The van der Waals surface area contributed by atoms with E-state index in [-0.39, 0.29) is 11.3 Å². The molecule has 1 atom stereocenters. The number of nitrogens with one attached hydrogen (secondary N) is 1. The van der Waals surface area contributed by atoms with Crippen LogP contribution in [0.2, 0.25) is 0 Å². The number of hydrogen-bond acceptors (Lipinski definition) is 5. The van der Waals surface area contributed by atoms with Crippen LogP contribution >= 0.6 is 11.5 Å². The number of nitrogens with two attached hydrogens (primary N) is 1. The minimum atomic E-state index is -0.537. The van der Waals surface area contributed by atoms with Crippen molar-refractivity contribution in [2.75, 3.05) is 5.32 Å². The molecule has 3 N–H and O–H groups in total. The lowest BCUT2D eigenvalue weighted by molar-refractivity contribution is -0.119. The Morgan fingerprint density at radius 2 is 2.29 bits per heavy atom. The van der Waals surface area contributed by atoms with E-state index in [0.29, 0.717) is 5.00 Å². The van der Waals surface area contributed by atoms with Crippen LogP contribution in [0.4, 0.5) is 5.00 Å². The molecule has 0 unspecified atom stereocenters. The molecule has 5 nitrogen and oxygen atoms in total. The van der Waals surface area contributed by atoms with Gasteiger partial charge in [-0.05, 0) is 5.41 Å². The van der Waals surface area contributed by atoms with Gasteiger partial charge in [0.25, 0.3) is 0 Å². The van der Waals surface area contributed by atoms with E-state index in [4.69, 9.17) is 5.73 Å². The summed E-state index contributed by atoms with van der Waals surface area (Å²) >= 11 is 1.13. The van der Waals surface area contributed by atoms with E-state index in [1.807, 2.05) is 20.8 Å². The van der Waals surface area contributed by atoms with Crippen LogP contribution in [0.3, 0.4) is 0 Å². The average Bonchev–Trinajstić information content (AvgIpc) is 2.53. The SMILES string of the molecule is CC(C)(C)[C@H](N)C(=O)Nc1cnns1. The average molecular weight is 214 g/mol. The van der Waals surface area contributed by atoms with Gasteiger partial charge in [-0.1, -0.05) is 25.3 Å². The zero-order chi connectivity index (χ0) is 10.8. The van der Waals surface area contributed by atoms with E-state index >= 15 is 0 Å². The van der Waals surface area contributed by atoms with Crippen molar-refractivity contribution in [3.63, 3.8) is 0 Å². The van der Waals surface area contributed by atoms with Gasteiger partial charge < -0.3 is 11.1 Å². The second kappa shape index (κ2) is 4.02. The van der Waals surface area contributed by atoms with Gasteiger partial charge in [0.1, 0.15) is 5.00 Å². The van der Waals surface area contributed by atoms with E-state index in [0.717, 1.165) is 11.5 Å². The van der Waals surface area contributed by atoms with Crippen molar-refractivity contribution in [3.8, 4) is 0 Å². The Balaban J connectivity index is 2.59. The standard InChI is InChI=1S/C8H14N4OS/c1-8(2,3)6(9)7(13)11-5-4-10-12-14-5/h4,6H,9H2,1-3H3,(H,11,13)/t6-/m1/s1. The van der Waals surface area contributed by atoms with Crippen LogP contribution in [0.1, 0.15) is 20.8 Å². The van der Waals surface area contributed by atoms with Crippen LogP contribution in [0, 0.1) is 5.41 Å². The Morgan fingerprint density at radius 1 is 1.64 bits per heavy atom. The molecule has 0 aliphatic rings. The van der Waals surface area contributed by atoms with Gasteiger partial charge in [-0.3, -0.25) is 4.79 Å². The minimum Gasteiger partial charge on any atom is -0.319 e. The Bertz CT molecular complexity index is 304. The van der Waals surface area contributed by atoms with Crippen LogP contribution in [-0.4, -0.2) is 21.5 Å². The molecule has 1 rings (SSSR count). The number of aromatic nitrogens is 2. The number of nitrogens with zero attached hydrogens (tertiary/aromatic N) is 2. The Morgan fingerprint density at radius 3 is 2.71 bits per heavy atom. The molecule has 0 saturated heterocycles. The van der Waals surface area contributed by atoms with Crippen molar-refractivity contribution in [3.05, 3.63) is 6.20 Å². The largest absolute Gasteiger partial charge is 0.319 e. The van der Waals surface area contributed by atoms with Crippen molar-refractivity contribution in [2.45, 2.75) is 26.8 Å². The summed E-state index contributed by atoms with van der Waals surface area (Å²) in [4.78, 5) is 11.6. The molecule has 0 aromatic carbocycles. The van der Waals surface area contributed by atoms with Crippen LogP contribution in [0.15, 0.2) is 6.20 Å². The van der Waals surface area contributed by atoms with E-state index < -0.39 is 6.04 Å². The third-order valence-electron chi connectivity index (χ3n) is 1.82. The predicted octanol–water partition coefficient (Wildman–Crippen LogP) is 0.850. The second-order valence-corrected chi connectivity index (χ2v) is 4.90. The number of hydrogen-bond donors (Lipinski definition) is 2. The quantitative estimate of drug-likeness (QED) is 0.764. The molecule has 6 heteroatoms. The van der Waals surface area contributed by atoms with Gasteiger partial charge in [0.05, 0.1) is 12.2 Å². The molecule has 78 valence electrons. The topological polar surface area (TPSA) is 80.9 Å². The normalized spacial score (nSPS) is 13.7. The Labute approximate surface area is 86.9 Å². The van der Waals surface area contributed by atoms with Gasteiger partial charge in [0, 0.05) is 11.5 Å². The van der Waals surface area contributed by atoms with Gasteiger partial charge in [-0.25, -0.2) is 0 Å². The highest BCUT2D eigenvalue weighted by molar-refractivity contribution is 7.10. The highest BCUT2D eigenvalue weighted by atomic mass is 32.1. The van der Waals surface area contributed by atoms with Crippen molar-refractivity contribution < 1.29 is 4.79 Å². The molecular weight excluding hydrogens is 200 g/mol. The summed E-state index contributed by atoms with van der Waals surface area (Å²) in [7, 11) is 0. The Kier molecular flexibility index (Phi) is 3.17. The summed E-state index contributed by atoms with van der Waals surface area (Å²) in [6, 6.07) is -0.537. The Hall–Kier alpha value is -1.01. The number of carbonyl (C=O) groups excluding carboxylic acids is 1. The van der Waals surface area contributed by atoms with Crippen molar-refractivity contribution in [1.29, 1.82) is 0 Å². The summed E-state index contributed by atoms with van der Waals surface area (Å²) in [5.74, 6) is -0.205. The second-order valence-electron chi connectivity index (χ2n) is 4.11. The fraction of sp³-hybridized carbons (Fsp3) is 0.625. The summed E-state index contributed by atoms with van der Waals surface area (Å²) in [6.45, 7) is 5.76.